The number of carbonyl (C=O) groups is 1. The number of carboxylic acids is 1. The van der Waals surface area contributed by atoms with Crippen LogP contribution in [0.5, 0.6) is 0 Å². The fourth-order valence-electron chi connectivity index (χ4n) is 3.15. The van der Waals surface area contributed by atoms with Crippen LogP contribution in [0.25, 0.3) is 23.2 Å². The Bertz CT molecular complexity index is 1260. The maximum Gasteiger partial charge on any atom is 0.342 e. The van der Waals surface area contributed by atoms with Crippen LogP contribution >= 0.6 is 23.4 Å². The zero-order valence-corrected chi connectivity index (χ0v) is 18.2. The average Bonchev–Trinajstić information content (AvgIpc) is 3.33. The van der Waals surface area contributed by atoms with E-state index in [4.69, 9.17) is 16.0 Å². The summed E-state index contributed by atoms with van der Waals surface area (Å²) in [5, 5.41) is 18.4. The third-order valence-electron chi connectivity index (χ3n) is 4.57. The van der Waals surface area contributed by atoms with Gasteiger partial charge in [-0.15, -0.1) is 10.2 Å². The Morgan fingerprint density at radius 2 is 1.97 bits per heavy atom. The van der Waals surface area contributed by atoms with E-state index < -0.39 is 5.97 Å². The van der Waals surface area contributed by atoms with Crippen LogP contribution in [0.15, 0.2) is 69.4 Å². The number of thioether (sulfide) groups is 1. The second-order valence-corrected chi connectivity index (χ2v) is 8.10. The molecule has 1 N–H and O–H groups in total. The van der Waals surface area contributed by atoms with Crippen molar-refractivity contribution in [2.75, 3.05) is 0 Å². The van der Waals surface area contributed by atoms with Gasteiger partial charge in [-0.05, 0) is 79.7 Å². The standard InChI is InChI=1S/C22H17ClN4O3S/c1-13-10-16(14(2)27(13)18-4-3-9-24-12-18)11-19(21(28)29)31-22-26-25-20(30-22)15-5-7-17(23)8-6-15/h3-12H,1-2H3,(H,28,29)/b19-11-. The third kappa shape index (κ3) is 4.55. The molecule has 0 fully saturated rings. The molecule has 0 saturated heterocycles. The molecule has 1 aromatic carbocycles. The molecule has 0 aliphatic carbocycles. The third-order valence-corrected chi connectivity index (χ3v) is 5.67. The number of benzene rings is 1. The lowest BCUT2D eigenvalue weighted by atomic mass is 10.2. The van der Waals surface area contributed by atoms with Crippen LogP contribution in [0.4, 0.5) is 0 Å². The van der Waals surface area contributed by atoms with Gasteiger partial charge in [0.15, 0.2) is 0 Å². The summed E-state index contributed by atoms with van der Waals surface area (Å²) in [5.74, 6) is -0.791. The predicted octanol–water partition coefficient (Wildman–Crippen LogP) is 5.41. The first kappa shape index (κ1) is 20.9. The van der Waals surface area contributed by atoms with E-state index in [9.17, 15) is 9.90 Å². The minimum absolute atomic E-state index is 0.0674. The van der Waals surface area contributed by atoms with Crippen molar-refractivity contribution in [3.63, 3.8) is 0 Å². The SMILES string of the molecule is Cc1cc(/C=C(\Sc2nnc(-c3ccc(Cl)cc3)o2)C(=O)O)c(C)n1-c1cccnc1. The first-order valence-corrected chi connectivity index (χ1v) is 10.4. The summed E-state index contributed by atoms with van der Waals surface area (Å²) in [6, 6.07) is 12.7. The number of aromatic nitrogens is 4. The molecule has 0 bridgehead atoms. The maximum atomic E-state index is 11.9. The molecule has 4 aromatic rings. The summed E-state index contributed by atoms with van der Waals surface area (Å²) in [4.78, 5) is 16.1. The number of rotatable bonds is 6. The number of halogens is 1. The van der Waals surface area contributed by atoms with Crippen LogP contribution in [0.3, 0.4) is 0 Å². The van der Waals surface area contributed by atoms with Crippen molar-refractivity contribution in [2.24, 2.45) is 0 Å². The van der Waals surface area contributed by atoms with Gasteiger partial charge in [-0.2, -0.15) is 0 Å². The van der Waals surface area contributed by atoms with Gasteiger partial charge in [0.2, 0.25) is 5.89 Å². The molecule has 3 aromatic heterocycles. The van der Waals surface area contributed by atoms with Crippen LogP contribution in [0, 0.1) is 13.8 Å². The summed E-state index contributed by atoms with van der Waals surface area (Å²) in [5.41, 5.74) is 4.26. The van der Waals surface area contributed by atoms with Crippen molar-refractivity contribution in [1.29, 1.82) is 0 Å². The zero-order chi connectivity index (χ0) is 22.0. The smallest absolute Gasteiger partial charge is 0.342 e. The Morgan fingerprint density at radius 1 is 1.19 bits per heavy atom. The fourth-order valence-corrected chi connectivity index (χ4v) is 3.94. The molecule has 0 radical (unpaired) electrons. The zero-order valence-electron chi connectivity index (χ0n) is 16.6. The van der Waals surface area contributed by atoms with Crippen LogP contribution in [-0.4, -0.2) is 30.8 Å². The quantitative estimate of drug-likeness (QED) is 0.308. The summed E-state index contributed by atoms with van der Waals surface area (Å²) >= 11 is 6.80. The highest BCUT2D eigenvalue weighted by atomic mass is 35.5. The molecule has 7 nitrogen and oxygen atoms in total. The molecule has 4 rings (SSSR count). The van der Waals surface area contributed by atoms with E-state index in [2.05, 4.69) is 15.2 Å². The molecule has 0 atom stereocenters. The minimum atomic E-state index is -1.08. The number of hydrogen-bond acceptors (Lipinski definition) is 6. The fraction of sp³-hybridized carbons (Fsp3) is 0.0909. The molecule has 0 spiro atoms. The Hall–Kier alpha value is -3.36. The first-order chi connectivity index (χ1) is 14.9. The predicted molar refractivity (Wildman–Crippen MR) is 119 cm³/mol. The molecular weight excluding hydrogens is 436 g/mol. The lowest BCUT2D eigenvalue weighted by Gasteiger charge is -2.08. The lowest BCUT2D eigenvalue weighted by molar-refractivity contribution is -0.131. The van der Waals surface area contributed by atoms with E-state index in [0.717, 1.165) is 34.4 Å². The van der Waals surface area contributed by atoms with Crippen molar-refractivity contribution < 1.29 is 14.3 Å². The topological polar surface area (TPSA) is 94.0 Å². The van der Waals surface area contributed by atoms with Gasteiger partial charge in [-0.1, -0.05) is 11.6 Å². The van der Waals surface area contributed by atoms with Crippen molar-refractivity contribution in [3.05, 3.63) is 81.7 Å². The van der Waals surface area contributed by atoms with Gasteiger partial charge in [-0.3, -0.25) is 4.98 Å². The van der Waals surface area contributed by atoms with Crippen LogP contribution in [-0.2, 0) is 4.79 Å². The van der Waals surface area contributed by atoms with Crippen molar-refractivity contribution in [2.45, 2.75) is 19.1 Å². The number of carboxylic acid groups (broad SMARTS) is 1. The second kappa shape index (κ2) is 8.79. The lowest BCUT2D eigenvalue weighted by Crippen LogP contribution is -2.00. The van der Waals surface area contributed by atoms with Crippen LogP contribution in [0.2, 0.25) is 5.02 Å². The summed E-state index contributed by atoms with van der Waals surface area (Å²) in [6.45, 7) is 3.89. The Morgan fingerprint density at radius 3 is 2.65 bits per heavy atom. The van der Waals surface area contributed by atoms with Gasteiger partial charge < -0.3 is 14.1 Å². The van der Waals surface area contributed by atoms with E-state index in [-0.39, 0.29) is 10.1 Å². The van der Waals surface area contributed by atoms with Gasteiger partial charge in [0, 0.05) is 28.2 Å². The molecule has 0 aliphatic rings. The first-order valence-electron chi connectivity index (χ1n) is 9.24. The van der Waals surface area contributed by atoms with Crippen molar-refractivity contribution in [1.82, 2.24) is 19.7 Å². The minimum Gasteiger partial charge on any atom is -0.477 e. The van der Waals surface area contributed by atoms with Crippen molar-refractivity contribution >= 4 is 35.4 Å². The van der Waals surface area contributed by atoms with Gasteiger partial charge >= 0.3 is 5.97 Å². The molecule has 0 unspecified atom stereocenters. The molecule has 0 amide bonds. The summed E-state index contributed by atoms with van der Waals surface area (Å²) in [6.07, 6.45) is 5.08. The van der Waals surface area contributed by atoms with Gasteiger partial charge in [0.25, 0.3) is 5.22 Å². The largest absolute Gasteiger partial charge is 0.477 e. The number of hydrogen-bond donors (Lipinski definition) is 1. The van der Waals surface area contributed by atoms with E-state index >= 15 is 0 Å². The molecule has 31 heavy (non-hydrogen) atoms. The summed E-state index contributed by atoms with van der Waals surface area (Å²) in [7, 11) is 0. The molecule has 156 valence electrons. The number of pyridine rings is 1. The number of aryl methyl sites for hydroxylation is 1. The van der Waals surface area contributed by atoms with E-state index in [0.29, 0.717) is 16.5 Å². The van der Waals surface area contributed by atoms with Gasteiger partial charge in [-0.25, -0.2) is 4.79 Å². The van der Waals surface area contributed by atoms with Gasteiger partial charge in [0.1, 0.15) is 4.91 Å². The van der Waals surface area contributed by atoms with E-state index in [1.807, 2.05) is 36.6 Å². The Kier molecular flexibility index (Phi) is 5.92. The van der Waals surface area contributed by atoms with E-state index in [1.165, 1.54) is 0 Å². The Balaban J connectivity index is 1.63. The maximum absolute atomic E-state index is 11.9. The molecule has 0 aliphatic heterocycles. The van der Waals surface area contributed by atoms with Crippen LogP contribution in [0.1, 0.15) is 17.0 Å². The monoisotopic (exact) mass is 452 g/mol. The second-order valence-electron chi connectivity index (χ2n) is 6.67. The number of aliphatic carboxylic acids is 1. The molecule has 9 heteroatoms. The van der Waals surface area contributed by atoms with Crippen molar-refractivity contribution in [3.8, 4) is 17.1 Å². The normalized spacial score (nSPS) is 11.6. The molecule has 0 saturated carbocycles. The molecule has 3 heterocycles. The Labute approximate surface area is 187 Å². The number of nitrogens with zero attached hydrogens (tertiary/aromatic N) is 4. The highest BCUT2D eigenvalue weighted by Gasteiger charge is 2.18. The average molecular weight is 453 g/mol. The highest BCUT2D eigenvalue weighted by molar-refractivity contribution is 8.03. The summed E-state index contributed by atoms with van der Waals surface area (Å²) < 4.78 is 7.66. The van der Waals surface area contributed by atoms with Crippen LogP contribution < -0.4 is 0 Å². The van der Waals surface area contributed by atoms with E-state index in [1.54, 1.807) is 42.7 Å². The highest BCUT2D eigenvalue weighted by Crippen LogP contribution is 2.32. The molecular formula is C22H17ClN4O3S. The van der Waals surface area contributed by atoms with Gasteiger partial charge in [0.05, 0.1) is 11.9 Å².